The van der Waals surface area contributed by atoms with Gasteiger partial charge in [0.05, 0.1) is 25.4 Å². The van der Waals surface area contributed by atoms with Crippen LogP contribution in [0.1, 0.15) is 42.6 Å². The fraction of sp³-hybridized carbons (Fsp3) is 0.481. The molecule has 3 atom stereocenters. The van der Waals surface area contributed by atoms with Crippen LogP contribution in [0.2, 0.25) is 0 Å². The average Bonchev–Trinajstić information content (AvgIpc) is 3.68. The Morgan fingerprint density at radius 1 is 1.12 bits per heavy atom. The molecule has 0 bridgehead atoms. The van der Waals surface area contributed by atoms with E-state index in [1.807, 2.05) is 62.5 Å². The van der Waals surface area contributed by atoms with Gasteiger partial charge < -0.3 is 19.6 Å². The van der Waals surface area contributed by atoms with Gasteiger partial charge in [-0.1, -0.05) is 49.4 Å². The van der Waals surface area contributed by atoms with Crippen LogP contribution in [-0.2, 0) is 16.1 Å². The van der Waals surface area contributed by atoms with Crippen molar-refractivity contribution >= 4 is 11.8 Å². The number of ether oxygens (including phenoxy) is 1. The van der Waals surface area contributed by atoms with Crippen LogP contribution in [0.15, 0.2) is 48.5 Å². The molecule has 1 saturated carbocycles. The Bertz CT molecular complexity index is 1000. The SMILES string of the molecule is C[C@H]1CN([C@@H](C)CO)C(=O)c2ccccc2-c2ccccc2CO[C@@H]1CN(C)C(=O)C1CC1. The first kappa shape index (κ1) is 23.5. The van der Waals surface area contributed by atoms with Gasteiger partial charge in [-0.2, -0.15) is 0 Å². The maximum absolute atomic E-state index is 13.8. The summed E-state index contributed by atoms with van der Waals surface area (Å²) in [5.41, 5.74) is 3.46. The number of fused-ring (bicyclic) bond motifs is 3. The maximum Gasteiger partial charge on any atom is 0.254 e. The highest BCUT2D eigenvalue weighted by Gasteiger charge is 2.35. The van der Waals surface area contributed by atoms with E-state index in [9.17, 15) is 14.7 Å². The summed E-state index contributed by atoms with van der Waals surface area (Å²) in [5.74, 6) is 0.187. The normalized spacial score (nSPS) is 22.1. The van der Waals surface area contributed by atoms with E-state index in [0.717, 1.165) is 29.5 Å². The van der Waals surface area contributed by atoms with Crippen LogP contribution < -0.4 is 0 Å². The maximum atomic E-state index is 13.8. The quantitative estimate of drug-likeness (QED) is 0.756. The summed E-state index contributed by atoms with van der Waals surface area (Å²) in [6.45, 7) is 5.10. The van der Waals surface area contributed by atoms with Gasteiger partial charge in [-0.05, 0) is 42.5 Å². The summed E-state index contributed by atoms with van der Waals surface area (Å²) in [5, 5.41) is 9.91. The van der Waals surface area contributed by atoms with Crippen LogP contribution in [0.25, 0.3) is 11.1 Å². The third kappa shape index (κ3) is 5.12. The smallest absolute Gasteiger partial charge is 0.254 e. The lowest BCUT2D eigenvalue weighted by Crippen LogP contribution is -2.47. The van der Waals surface area contributed by atoms with Gasteiger partial charge in [0.25, 0.3) is 5.91 Å². The molecule has 33 heavy (non-hydrogen) atoms. The highest BCUT2D eigenvalue weighted by Crippen LogP contribution is 2.33. The summed E-state index contributed by atoms with van der Waals surface area (Å²) >= 11 is 0. The molecule has 2 amide bonds. The Hall–Kier alpha value is -2.70. The molecule has 1 heterocycles. The van der Waals surface area contributed by atoms with Crippen molar-refractivity contribution < 1.29 is 19.4 Å². The van der Waals surface area contributed by atoms with Gasteiger partial charge in [-0.25, -0.2) is 0 Å². The molecule has 4 rings (SSSR count). The number of hydrogen-bond donors (Lipinski definition) is 1. The van der Waals surface area contributed by atoms with Crippen molar-refractivity contribution in [3.63, 3.8) is 0 Å². The molecule has 0 saturated heterocycles. The summed E-state index contributed by atoms with van der Waals surface area (Å²) < 4.78 is 6.45. The number of likely N-dealkylation sites (N-methyl/N-ethyl adjacent to an activating group) is 1. The number of aliphatic hydroxyl groups is 1. The highest BCUT2D eigenvalue weighted by molar-refractivity contribution is 6.01. The Kier molecular flexibility index (Phi) is 7.15. The van der Waals surface area contributed by atoms with Crippen LogP contribution in [0, 0.1) is 11.8 Å². The molecule has 2 aromatic rings. The highest BCUT2D eigenvalue weighted by atomic mass is 16.5. The van der Waals surface area contributed by atoms with E-state index in [1.165, 1.54) is 0 Å². The van der Waals surface area contributed by atoms with Crippen molar-refractivity contribution in [2.45, 2.75) is 45.4 Å². The number of amides is 2. The summed E-state index contributed by atoms with van der Waals surface area (Å²) in [6.07, 6.45) is 1.69. The van der Waals surface area contributed by atoms with Crippen LogP contribution in [0.4, 0.5) is 0 Å². The van der Waals surface area contributed by atoms with Crippen LogP contribution >= 0.6 is 0 Å². The number of carbonyl (C=O) groups excluding carboxylic acids is 2. The number of nitrogens with zero attached hydrogens (tertiary/aromatic N) is 2. The van der Waals surface area contributed by atoms with E-state index in [1.54, 1.807) is 9.80 Å². The molecule has 1 aliphatic carbocycles. The van der Waals surface area contributed by atoms with E-state index in [0.29, 0.717) is 25.3 Å². The minimum Gasteiger partial charge on any atom is -0.394 e. The molecule has 1 aliphatic heterocycles. The Morgan fingerprint density at radius 3 is 2.42 bits per heavy atom. The van der Waals surface area contributed by atoms with Crippen LogP contribution in [-0.4, -0.2) is 65.6 Å². The molecule has 2 aromatic carbocycles. The van der Waals surface area contributed by atoms with Gasteiger partial charge in [0.15, 0.2) is 0 Å². The lowest BCUT2D eigenvalue weighted by molar-refractivity contribution is -0.134. The minimum atomic E-state index is -0.338. The van der Waals surface area contributed by atoms with Crippen molar-refractivity contribution in [2.75, 3.05) is 26.7 Å². The second-order valence-corrected chi connectivity index (χ2v) is 9.51. The zero-order valence-corrected chi connectivity index (χ0v) is 19.7. The Labute approximate surface area is 196 Å². The van der Waals surface area contributed by atoms with Crippen molar-refractivity contribution in [1.29, 1.82) is 0 Å². The first-order chi connectivity index (χ1) is 15.9. The molecular formula is C27H34N2O4. The summed E-state index contributed by atoms with van der Waals surface area (Å²) in [4.78, 5) is 29.9. The molecule has 0 radical (unpaired) electrons. The number of carbonyl (C=O) groups is 2. The average molecular weight is 451 g/mol. The number of benzene rings is 2. The van der Waals surface area contributed by atoms with Gasteiger partial charge in [0.1, 0.15) is 0 Å². The predicted octanol–water partition coefficient (Wildman–Crippen LogP) is 3.58. The van der Waals surface area contributed by atoms with E-state index in [2.05, 4.69) is 6.92 Å². The number of hydrogen-bond acceptors (Lipinski definition) is 4. The first-order valence-electron chi connectivity index (χ1n) is 11.9. The summed E-state index contributed by atoms with van der Waals surface area (Å²) in [7, 11) is 1.84. The zero-order chi connectivity index (χ0) is 23.5. The zero-order valence-electron chi connectivity index (χ0n) is 19.7. The largest absolute Gasteiger partial charge is 0.394 e. The minimum absolute atomic E-state index is 0.0326. The van der Waals surface area contributed by atoms with E-state index >= 15 is 0 Å². The standard InChI is InChI=1S/C27H34N2O4/c1-18-14-29(19(2)16-30)27(32)24-11-7-6-10-23(24)22-9-5-4-8-21(22)17-33-25(18)15-28(3)26(31)20-12-13-20/h4-11,18-20,25,30H,12-17H2,1-3H3/t18-,19-,25+/m0/s1. The molecule has 1 fully saturated rings. The predicted molar refractivity (Wildman–Crippen MR) is 128 cm³/mol. The van der Waals surface area contributed by atoms with E-state index < -0.39 is 0 Å². The molecule has 0 aromatic heterocycles. The second kappa shape index (κ2) is 10.1. The fourth-order valence-corrected chi connectivity index (χ4v) is 4.55. The molecule has 0 spiro atoms. The summed E-state index contributed by atoms with van der Waals surface area (Å²) in [6, 6.07) is 15.3. The lowest BCUT2D eigenvalue weighted by Gasteiger charge is -2.35. The third-order valence-corrected chi connectivity index (χ3v) is 6.85. The molecule has 6 heteroatoms. The molecule has 1 N–H and O–H groups in total. The molecule has 0 unspecified atom stereocenters. The Balaban J connectivity index is 1.73. The monoisotopic (exact) mass is 450 g/mol. The van der Waals surface area contributed by atoms with Gasteiger partial charge in [0, 0.05) is 37.5 Å². The van der Waals surface area contributed by atoms with Gasteiger partial charge in [0.2, 0.25) is 5.91 Å². The second-order valence-electron chi connectivity index (χ2n) is 9.51. The number of aliphatic hydroxyl groups excluding tert-OH is 1. The molecule has 2 aliphatic rings. The van der Waals surface area contributed by atoms with Crippen molar-refractivity contribution in [3.05, 3.63) is 59.7 Å². The topological polar surface area (TPSA) is 70.1 Å². The fourth-order valence-electron chi connectivity index (χ4n) is 4.55. The van der Waals surface area contributed by atoms with Gasteiger partial charge in [-0.3, -0.25) is 9.59 Å². The van der Waals surface area contributed by atoms with Crippen LogP contribution in [0.5, 0.6) is 0 Å². The molecule has 176 valence electrons. The van der Waals surface area contributed by atoms with Gasteiger partial charge >= 0.3 is 0 Å². The van der Waals surface area contributed by atoms with Gasteiger partial charge in [-0.15, -0.1) is 0 Å². The van der Waals surface area contributed by atoms with E-state index in [-0.39, 0.29) is 42.4 Å². The van der Waals surface area contributed by atoms with Crippen molar-refractivity contribution in [3.8, 4) is 11.1 Å². The van der Waals surface area contributed by atoms with E-state index in [4.69, 9.17) is 4.74 Å². The third-order valence-electron chi connectivity index (χ3n) is 6.85. The molecule has 6 nitrogen and oxygen atoms in total. The number of rotatable bonds is 5. The first-order valence-corrected chi connectivity index (χ1v) is 11.9. The van der Waals surface area contributed by atoms with Crippen molar-refractivity contribution in [2.24, 2.45) is 11.8 Å². The lowest BCUT2D eigenvalue weighted by atomic mass is 9.94. The van der Waals surface area contributed by atoms with Crippen LogP contribution in [0.3, 0.4) is 0 Å². The molecular weight excluding hydrogens is 416 g/mol. The Morgan fingerprint density at radius 2 is 1.76 bits per heavy atom. The van der Waals surface area contributed by atoms with Crippen molar-refractivity contribution in [1.82, 2.24) is 9.80 Å².